The largest absolute Gasteiger partial charge is 0.481 e. The Morgan fingerprint density at radius 2 is 1.44 bits per heavy atom. The predicted octanol–water partition coefficient (Wildman–Crippen LogP) is 2.60. The Morgan fingerprint density at radius 3 is 2.08 bits per heavy atom. The van der Waals surface area contributed by atoms with E-state index in [0.29, 0.717) is 17.1 Å². The van der Waals surface area contributed by atoms with Gasteiger partial charge in [0.2, 0.25) is 6.79 Å². The van der Waals surface area contributed by atoms with Gasteiger partial charge in [-0.1, -0.05) is 36.4 Å². The van der Waals surface area contributed by atoms with Crippen LogP contribution in [0.5, 0.6) is 11.5 Å². The van der Waals surface area contributed by atoms with Crippen molar-refractivity contribution in [3.05, 3.63) is 59.7 Å². The van der Waals surface area contributed by atoms with E-state index in [9.17, 15) is 19.8 Å². The lowest BCUT2D eigenvalue weighted by Crippen LogP contribution is -2.33. The molecule has 0 aliphatic carbocycles. The summed E-state index contributed by atoms with van der Waals surface area (Å²) in [7, 11) is 0. The lowest BCUT2D eigenvalue weighted by molar-refractivity contribution is -0.153. The maximum atomic E-state index is 11.8. The molecule has 6 heteroatoms. The summed E-state index contributed by atoms with van der Waals surface area (Å²) in [6.45, 7) is 0.132. The number of carbonyl (C=O) groups is 2. The van der Waals surface area contributed by atoms with Crippen LogP contribution in [0.25, 0.3) is 0 Å². The molecule has 2 aromatic carbocycles. The van der Waals surface area contributed by atoms with Crippen molar-refractivity contribution in [2.24, 2.45) is 11.8 Å². The Bertz CT molecular complexity index is 771. The summed E-state index contributed by atoms with van der Waals surface area (Å²) < 4.78 is 10.5. The average molecular weight is 342 g/mol. The van der Waals surface area contributed by atoms with Crippen molar-refractivity contribution in [1.82, 2.24) is 0 Å². The van der Waals surface area contributed by atoms with Gasteiger partial charge in [-0.15, -0.1) is 0 Å². The van der Waals surface area contributed by atoms with Crippen LogP contribution in [0.15, 0.2) is 48.5 Å². The van der Waals surface area contributed by atoms with Gasteiger partial charge in [-0.2, -0.15) is 0 Å². The molecule has 2 atom stereocenters. The third-order valence-electron chi connectivity index (χ3n) is 4.31. The van der Waals surface area contributed by atoms with Crippen molar-refractivity contribution in [3.63, 3.8) is 0 Å². The van der Waals surface area contributed by atoms with Crippen LogP contribution in [0.1, 0.15) is 11.1 Å². The number of carboxylic acids is 2. The Hall–Kier alpha value is -3.02. The zero-order valence-corrected chi connectivity index (χ0v) is 13.4. The second-order valence-corrected chi connectivity index (χ2v) is 5.97. The molecule has 0 fully saturated rings. The minimum Gasteiger partial charge on any atom is -0.481 e. The zero-order valence-electron chi connectivity index (χ0n) is 13.4. The second-order valence-electron chi connectivity index (χ2n) is 5.97. The van der Waals surface area contributed by atoms with Crippen LogP contribution in [0.4, 0.5) is 0 Å². The van der Waals surface area contributed by atoms with Gasteiger partial charge in [0.15, 0.2) is 11.5 Å². The molecule has 0 bridgehead atoms. The van der Waals surface area contributed by atoms with Gasteiger partial charge in [0.25, 0.3) is 0 Å². The number of rotatable bonds is 7. The van der Waals surface area contributed by atoms with E-state index in [4.69, 9.17) is 9.47 Å². The number of hydrogen-bond acceptors (Lipinski definition) is 4. The fourth-order valence-corrected chi connectivity index (χ4v) is 2.99. The number of ether oxygens (including phenoxy) is 2. The first-order chi connectivity index (χ1) is 12.0. The molecule has 0 radical (unpaired) electrons. The van der Waals surface area contributed by atoms with Crippen LogP contribution in [-0.4, -0.2) is 28.9 Å². The van der Waals surface area contributed by atoms with Crippen LogP contribution in [-0.2, 0) is 22.4 Å². The fraction of sp³-hybridized carbons (Fsp3) is 0.263. The molecule has 25 heavy (non-hydrogen) atoms. The highest BCUT2D eigenvalue weighted by Crippen LogP contribution is 2.34. The Labute approximate surface area is 144 Å². The van der Waals surface area contributed by atoms with E-state index in [1.165, 1.54) is 0 Å². The van der Waals surface area contributed by atoms with Gasteiger partial charge in [-0.05, 0) is 36.1 Å². The van der Waals surface area contributed by atoms with Crippen LogP contribution in [0.2, 0.25) is 0 Å². The molecule has 2 N–H and O–H groups in total. The van der Waals surface area contributed by atoms with Gasteiger partial charge in [0, 0.05) is 0 Å². The van der Waals surface area contributed by atoms with Crippen molar-refractivity contribution in [2.45, 2.75) is 12.8 Å². The van der Waals surface area contributed by atoms with Crippen molar-refractivity contribution in [1.29, 1.82) is 0 Å². The first-order valence-electron chi connectivity index (χ1n) is 7.92. The highest BCUT2D eigenvalue weighted by molar-refractivity contribution is 5.80. The monoisotopic (exact) mass is 342 g/mol. The maximum Gasteiger partial charge on any atom is 0.307 e. The zero-order chi connectivity index (χ0) is 17.8. The van der Waals surface area contributed by atoms with Crippen LogP contribution in [0.3, 0.4) is 0 Å². The van der Waals surface area contributed by atoms with E-state index < -0.39 is 23.8 Å². The van der Waals surface area contributed by atoms with Crippen LogP contribution in [0, 0.1) is 11.8 Å². The minimum absolute atomic E-state index is 0.107. The molecule has 0 spiro atoms. The third kappa shape index (κ3) is 3.91. The topological polar surface area (TPSA) is 93.1 Å². The second kappa shape index (κ2) is 7.25. The summed E-state index contributed by atoms with van der Waals surface area (Å²) in [4.78, 5) is 23.5. The SMILES string of the molecule is O=C(O)[C@@H](Cc1ccccc1)[C@H](Cc1ccc2c(c1)OCO2)C(=O)O. The van der Waals surface area contributed by atoms with E-state index in [0.717, 1.165) is 5.56 Å². The van der Waals surface area contributed by atoms with E-state index >= 15 is 0 Å². The molecule has 1 aliphatic rings. The lowest BCUT2D eigenvalue weighted by Gasteiger charge is -2.21. The standard InChI is InChI=1S/C19H18O6/c20-18(21)14(8-12-4-2-1-3-5-12)15(19(22)23)9-13-6-7-16-17(10-13)25-11-24-16/h1-7,10,14-15H,8-9,11H2,(H,20,21)(H,22,23)/t14-,15-/m0/s1. The van der Waals surface area contributed by atoms with Gasteiger partial charge in [-0.25, -0.2) is 0 Å². The molecule has 1 heterocycles. The average Bonchev–Trinajstić information content (AvgIpc) is 3.06. The molecule has 6 nitrogen and oxygen atoms in total. The highest BCUT2D eigenvalue weighted by Gasteiger charge is 2.34. The summed E-state index contributed by atoms with van der Waals surface area (Å²) in [5, 5.41) is 19.2. The summed E-state index contributed by atoms with van der Waals surface area (Å²) in [6.07, 6.45) is 0.271. The first kappa shape index (κ1) is 16.8. The van der Waals surface area contributed by atoms with Gasteiger partial charge < -0.3 is 19.7 Å². The third-order valence-corrected chi connectivity index (χ3v) is 4.31. The molecule has 0 unspecified atom stereocenters. The van der Waals surface area contributed by atoms with Crippen molar-refractivity contribution in [3.8, 4) is 11.5 Å². The molecule has 130 valence electrons. The minimum atomic E-state index is -1.12. The van der Waals surface area contributed by atoms with E-state index in [1.807, 2.05) is 18.2 Å². The van der Waals surface area contributed by atoms with Crippen LogP contribution >= 0.6 is 0 Å². The molecule has 0 saturated heterocycles. The first-order valence-corrected chi connectivity index (χ1v) is 7.92. The van der Waals surface area contributed by atoms with Crippen molar-refractivity contribution < 1.29 is 29.3 Å². The summed E-state index contributed by atoms with van der Waals surface area (Å²) >= 11 is 0. The fourth-order valence-electron chi connectivity index (χ4n) is 2.99. The quantitative estimate of drug-likeness (QED) is 0.803. The number of aliphatic carboxylic acids is 2. The van der Waals surface area contributed by atoms with E-state index in [2.05, 4.69) is 0 Å². The van der Waals surface area contributed by atoms with E-state index in [1.54, 1.807) is 30.3 Å². The highest BCUT2D eigenvalue weighted by atomic mass is 16.7. The van der Waals surface area contributed by atoms with Crippen molar-refractivity contribution >= 4 is 11.9 Å². The molecular formula is C19H18O6. The lowest BCUT2D eigenvalue weighted by atomic mass is 9.82. The molecule has 0 amide bonds. The molecule has 2 aromatic rings. The predicted molar refractivity (Wildman–Crippen MR) is 88.7 cm³/mol. The van der Waals surface area contributed by atoms with E-state index in [-0.39, 0.29) is 19.6 Å². The molecule has 0 aromatic heterocycles. The van der Waals surface area contributed by atoms with Crippen molar-refractivity contribution in [2.75, 3.05) is 6.79 Å². The number of carboxylic acid groups (broad SMARTS) is 2. The van der Waals surface area contributed by atoms with Gasteiger partial charge in [0.05, 0.1) is 11.8 Å². The molecule has 1 aliphatic heterocycles. The Morgan fingerprint density at radius 1 is 0.840 bits per heavy atom. The number of fused-ring (bicyclic) bond motifs is 1. The van der Waals surface area contributed by atoms with Gasteiger partial charge >= 0.3 is 11.9 Å². The Balaban J connectivity index is 1.82. The van der Waals surface area contributed by atoms with Gasteiger partial charge in [-0.3, -0.25) is 9.59 Å². The smallest absolute Gasteiger partial charge is 0.307 e. The summed E-state index contributed by atoms with van der Waals surface area (Å²) in [5.74, 6) is -3.15. The summed E-state index contributed by atoms with van der Waals surface area (Å²) in [5.41, 5.74) is 1.50. The molecule has 3 rings (SSSR count). The maximum absolute atomic E-state index is 11.8. The molecular weight excluding hydrogens is 324 g/mol. The molecule has 0 saturated carbocycles. The number of benzene rings is 2. The number of hydrogen-bond donors (Lipinski definition) is 2. The van der Waals surface area contributed by atoms with Crippen LogP contribution < -0.4 is 9.47 Å². The van der Waals surface area contributed by atoms with Gasteiger partial charge in [0.1, 0.15) is 0 Å². The Kier molecular flexibility index (Phi) is 4.88. The summed E-state index contributed by atoms with van der Waals surface area (Å²) in [6, 6.07) is 14.2. The normalized spacial score (nSPS) is 14.7.